The van der Waals surface area contributed by atoms with E-state index in [4.69, 9.17) is 4.74 Å². The number of nitrogens with one attached hydrogen (secondary N) is 1. The molecular weight excluding hydrogens is 432 g/mol. The van der Waals surface area contributed by atoms with Crippen LogP contribution in [0.4, 0.5) is 4.79 Å². The van der Waals surface area contributed by atoms with E-state index in [1.165, 1.54) is 22.3 Å². The van der Waals surface area contributed by atoms with Gasteiger partial charge in [0.1, 0.15) is 6.61 Å². The van der Waals surface area contributed by atoms with E-state index >= 15 is 0 Å². The fourth-order valence-electron chi connectivity index (χ4n) is 5.76. The molecule has 2 unspecified atom stereocenters. The van der Waals surface area contributed by atoms with Crippen molar-refractivity contribution in [1.82, 2.24) is 10.2 Å². The van der Waals surface area contributed by atoms with Gasteiger partial charge in [0.25, 0.3) is 0 Å². The summed E-state index contributed by atoms with van der Waals surface area (Å²) in [7, 11) is 0. The van der Waals surface area contributed by atoms with Crippen LogP contribution in [0.1, 0.15) is 49.7 Å². The van der Waals surface area contributed by atoms with Crippen LogP contribution in [-0.4, -0.2) is 53.2 Å². The molecule has 0 aromatic heterocycles. The van der Waals surface area contributed by atoms with Crippen LogP contribution in [-0.2, 0) is 14.3 Å². The lowest BCUT2D eigenvalue weighted by Crippen LogP contribution is -2.55. The molecule has 3 aliphatic rings. The number of benzene rings is 2. The summed E-state index contributed by atoms with van der Waals surface area (Å²) < 4.78 is 5.60. The average molecular weight is 463 g/mol. The first-order chi connectivity index (χ1) is 16.4. The minimum absolute atomic E-state index is 0.00374. The molecule has 1 saturated heterocycles. The fraction of sp³-hybridized carbons (Fsp3) is 0.444. The lowest BCUT2D eigenvalue weighted by molar-refractivity contribution is -0.152. The largest absolute Gasteiger partial charge is 0.481 e. The quantitative estimate of drug-likeness (QED) is 0.700. The predicted octanol–water partition coefficient (Wildman–Crippen LogP) is 4.02. The van der Waals surface area contributed by atoms with Gasteiger partial charge in [-0.15, -0.1) is 0 Å². The third kappa shape index (κ3) is 4.04. The second kappa shape index (κ2) is 9.12. The van der Waals surface area contributed by atoms with Crippen LogP contribution in [0.2, 0.25) is 0 Å². The van der Waals surface area contributed by atoms with Gasteiger partial charge in [-0.2, -0.15) is 0 Å². The van der Waals surface area contributed by atoms with E-state index < -0.39 is 18.0 Å². The van der Waals surface area contributed by atoms with Crippen molar-refractivity contribution in [3.05, 3.63) is 59.7 Å². The molecule has 2 aromatic rings. The first-order valence-corrected chi connectivity index (χ1v) is 12.1. The number of rotatable bonds is 5. The van der Waals surface area contributed by atoms with Gasteiger partial charge in [0.2, 0.25) is 5.91 Å². The lowest BCUT2D eigenvalue weighted by atomic mass is 9.78. The number of amides is 2. The highest BCUT2D eigenvalue weighted by molar-refractivity contribution is 5.82. The van der Waals surface area contributed by atoms with Crippen molar-refractivity contribution in [2.75, 3.05) is 13.2 Å². The van der Waals surface area contributed by atoms with Gasteiger partial charge in [-0.3, -0.25) is 9.59 Å². The number of carboxylic acid groups (broad SMARTS) is 1. The van der Waals surface area contributed by atoms with Gasteiger partial charge in [0.15, 0.2) is 0 Å². The number of nitrogens with zero attached hydrogens (tertiary/aromatic N) is 1. The zero-order valence-electron chi connectivity index (χ0n) is 19.3. The van der Waals surface area contributed by atoms with E-state index in [0.29, 0.717) is 32.2 Å². The molecule has 1 heterocycles. The first kappa shape index (κ1) is 22.4. The molecule has 0 radical (unpaired) electrons. The van der Waals surface area contributed by atoms with Crippen molar-refractivity contribution in [2.45, 2.75) is 50.6 Å². The first-order valence-electron chi connectivity index (χ1n) is 12.1. The van der Waals surface area contributed by atoms with Gasteiger partial charge in [-0.1, -0.05) is 48.5 Å². The number of aliphatic carboxylic acids is 1. The summed E-state index contributed by atoms with van der Waals surface area (Å²) in [6, 6.07) is 16.0. The average Bonchev–Trinajstić information content (AvgIpc) is 3.13. The topological polar surface area (TPSA) is 95.9 Å². The molecule has 1 aliphatic heterocycles. The highest BCUT2D eigenvalue weighted by atomic mass is 16.5. The molecule has 2 aliphatic carbocycles. The molecule has 2 amide bonds. The Balaban J connectivity index is 1.12. The number of carbonyl (C=O) groups is 3. The molecule has 34 heavy (non-hydrogen) atoms. The van der Waals surface area contributed by atoms with Crippen LogP contribution in [0, 0.1) is 11.8 Å². The van der Waals surface area contributed by atoms with Gasteiger partial charge < -0.3 is 20.1 Å². The van der Waals surface area contributed by atoms with Crippen molar-refractivity contribution < 1.29 is 24.2 Å². The lowest BCUT2D eigenvalue weighted by Gasteiger charge is -2.43. The second-order valence-electron chi connectivity index (χ2n) is 9.69. The number of fused-ring (bicyclic) bond motifs is 3. The SMILES string of the molecule is CC1C(C(=O)O)CCCN1C(=O)C1CC(NC(=O)OCC2c3ccccc3-c3ccccc32)C1. The van der Waals surface area contributed by atoms with Gasteiger partial charge in [-0.05, 0) is 54.9 Å². The molecule has 178 valence electrons. The number of hydrogen-bond acceptors (Lipinski definition) is 4. The molecule has 2 fully saturated rings. The van der Waals surface area contributed by atoms with Crippen LogP contribution in [0.3, 0.4) is 0 Å². The van der Waals surface area contributed by atoms with Gasteiger partial charge in [-0.25, -0.2) is 4.79 Å². The summed E-state index contributed by atoms with van der Waals surface area (Å²) in [4.78, 5) is 38.6. The summed E-state index contributed by atoms with van der Waals surface area (Å²) in [6.45, 7) is 2.68. The number of carbonyl (C=O) groups excluding carboxylic acids is 2. The molecule has 0 spiro atoms. The van der Waals surface area contributed by atoms with Crippen molar-refractivity contribution in [3.8, 4) is 11.1 Å². The van der Waals surface area contributed by atoms with Gasteiger partial charge >= 0.3 is 12.1 Å². The standard InChI is InChI=1S/C27H30N2O5/c1-16-19(26(31)32)11-6-12-29(16)25(30)17-13-18(14-17)28-27(33)34-15-24-22-9-4-2-7-20(22)21-8-3-5-10-23(21)24/h2-5,7-10,16-19,24H,6,11-15H2,1H3,(H,28,33)(H,31,32). The summed E-state index contributed by atoms with van der Waals surface area (Å²) in [5.41, 5.74) is 4.70. The molecular formula is C27H30N2O5. The molecule has 2 atom stereocenters. The minimum Gasteiger partial charge on any atom is -0.481 e. The maximum absolute atomic E-state index is 12.9. The monoisotopic (exact) mass is 462 g/mol. The number of piperidine rings is 1. The van der Waals surface area contributed by atoms with Crippen LogP contribution >= 0.6 is 0 Å². The van der Waals surface area contributed by atoms with E-state index in [2.05, 4.69) is 29.6 Å². The summed E-state index contributed by atoms with van der Waals surface area (Å²) in [6.07, 6.45) is 1.97. The number of likely N-dealkylation sites (tertiary alicyclic amines) is 1. The number of carboxylic acids is 1. The molecule has 7 nitrogen and oxygen atoms in total. The van der Waals surface area contributed by atoms with E-state index in [-0.39, 0.29) is 36.4 Å². The van der Waals surface area contributed by atoms with Crippen molar-refractivity contribution in [1.29, 1.82) is 0 Å². The normalized spacial score (nSPS) is 25.6. The molecule has 2 N–H and O–H groups in total. The Morgan fingerprint density at radius 2 is 1.65 bits per heavy atom. The van der Waals surface area contributed by atoms with Crippen LogP contribution in [0.25, 0.3) is 11.1 Å². The maximum atomic E-state index is 12.9. The van der Waals surface area contributed by atoms with Crippen LogP contribution < -0.4 is 5.32 Å². The van der Waals surface area contributed by atoms with Crippen molar-refractivity contribution >= 4 is 18.0 Å². The minimum atomic E-state index is -0.839. The number of ether oxygens (including phenoxy) is 1. The highest BCUT2D eigenvalue weighted by Gasteiger charge is 2.42. The molecule has 5 rings (SSSR count). The van der Waals surface area contributed by atoms with E-state index in [9.17, 15) is 19.5 Å². The predicted molar refractivity (Wildman–Crippen MR) is 126 cm³/mol. The molecule has 1 saturated carbocycles. The van der Waals surface area contributed by atoms with Gasteiger partial charge in [0, 0.05) is 30.5 Å². The second-order valence-corrected chi connectivity index (χ2v) is 9.69. The Kier molecular flexibility index (Phi) is 6.02. The Morgan fingerprint density at radius 3 is 2.26 bits per heavy atom. The summed E-state index contributed by atoms with van der Waals surface area (Å²) >= 11 is 0. The highest BCUT2D eigenvalue weighted by Crippen LogP contribution is 2.44. The van der Waals surface area contributed by atoms with E-state index in [1.807, 2.05) is 31.2 Å². The summed E-state index contributed by atoms with van der Waals surface area (Å²) in [5.74, 6) is -1.50. The van der Waals surface area contributed by atoms with Crippen molar-refractivity contribution in [3.63, 3.8) is 0 Å². The maximum Gasteiger partial charge on any atom is 0.407 e. The third-order valence-electron chi connectivity index (χ3n) is 7.74. The Morgan fingerprint density at radius 1 is 1.03 bits per heavy atom. The number of hydrogen-bond donors (Lipinski definition) is 2. The van der Waals surface area contributed by atoms with Crippen LogP contribution in [0.5, 0.6) is 0 Å². The zero-order valence-corrected chi connectivity index (χ0v) is 19.3. The zero-order chi connectivity index (χ0) is 23.8. The number of alkyl carbamates (subject to hydrolysis) is 1. The smallest absolute Gasteiger partial charge is 0.407 e. The summed E-state index contributed by atoms with van der Waals surface area (Å²) in [5, 5.41) is 12.3. The van der Waals surface area contributed by atoms with Crippen LogP contribution in [0.15, 0.2) is 48.5 Å². The van der Waals surface area contributed by atoms with Crippen molar-refractivity contribution in [2.24, 2.45) is 11.8 Å². The third-order valence-corrected chi connectivity index (χ3v) is 7.74. The Hall–Kier alpha value is -3.35. The molecule has 2 aromatic carbocycles. The Labute approximate surface area is 199 Å². The fourth-order valence-corrected chi connectivity index (χ4v) is 5.76. The van der Waals surface area contributed by atoms with Gasteiger partial charge in [0.05, 0.1) is 5.92 Å². The van der Waals surface area contributed by atoms with E-state index in [1.54, 1.807) is 4.90 Å². The molecule has 7 heteroatoms. The Bertz CT molecular complexity index is 1060. The molecule has 0 bridgehead atoms. The van der Waals surface area contributed by atoms with E-state index in [0.717, 1.165) is 0 Å².